The lowest BCUT2D eigenvalue weighted by Crippen LogP contribution is -1.98. The van der Waals surface area contributed by atoms with Gasteiger partial charge in [0.25, 0.3) is 0 Å². The molecule has 2 N–H and O–H groups in total. The monoisotopic (exact) mass is 298 g/mol. The minimum atomic E-state index is -0.428. The van der Waals surface area contributed by atoms with E-state index < -0.39 is 5.63 Å². The minimum absolute atomic E-state index is 0.180. The number of aryl methyl sites for hydroxylation is 1. The highest BCUT2D eigenvalue weighted by Crippen LogP contribution is 2.43. The minimum Gasteiger partial charge on any atom is -0.504 e. The largest absolute Gasteiger partial charge is 0.504 e. The van der Waals surface area contributed by atoms with Crippen molar-refractivity contribution in [3.8, 4) is 11.5 Å². The first-order valence-corrected chi connectivity index (χ1v) is 7.19. The molecule has 0 saturated heterocycles. The standard InChI is InChI=1S/C16H10O4S/c1-7-12-11(6-9(17)14(7)18)21-15-8-4-2-3-5-10(8)20-16(19)13(12)15/h2-6,17-18H,1H3. The molecular weight excluding hydrogens is 288 g/mol. The zero-order valence-electron chi connectivity index (χ0n) is 11.0. The van der Waals surface area contributed by atoms with Crippen LogP contribution >= 0.6 is 11.3 Å². The topological polar surface area (TPSA) is 70.7 Å². The highest BCUT2D eigenvalue weighted by atomic mass is 32.1. The van der Waals surface area contributed by atoms with Crippen LogP contribution in [0.3, 0.4) is 0 Å². The van der Waals surface area contributed by atoms with E-state index in [1.165, 1.54) is 17.4 Å². The van der Waals surface area contributed by atoms with Gasteiger partial charge in [-0.05, 0) is 19.1 Å². The Labute approximate surface area is 122 Å². The summed E-state index contributed by atoms with van der Waals surface area (Å²) in [6.45, 7) is 1.68. The molecule has 4 rings (SSSR count). The van der Waals surface area contributed by atoms with Crippen molar-refractivity contribution in [3.05, 3.63) is 46.3 Å². The third kappa shape index (κ3) is 1.52. The molecular formula is C16H10O4S. The van der Waals surface area contributed by atoms with Gasteiger partial charge in [-0.1, -0.05) is 12.1 Å². The Balaban J connectivity index is 2.39. The number of thiophene rings is 1. The fraction of sp³-hybridized carbons (Fsp3) is 0.0625. The number of fused-ring (bicyclic) bond motifs is 5. The number of hydrogen-bond donors (Lipinski definition) is 2. The van der Waals surface area contributed by atoms with Crippen molar-refractivity contribution in [2.75, 3.05) is 0 Å². The van der Waals surface area contributed by atoms with E-state index >= 15 is 0 Å². The second kappa shape index (κ2) is 3.99. The Morgan fingerprint density at radius 3 is 2.71 bits per heavy atom. The smallest absolute Gasteiger partial charge is 0.345 e. The van der Waals surface area contributed by atoms with Crippen molar-refractivity contribution in [2.45, 2.75) is 6.92 Å². The highest BCUT2D eigenvalue weighted by Gasteiger charge is 2.18. The second-order valence-corrected chi connectivity index (χ2v) is 5.99. The van der Waals surface area contributed by atoms with Crippen LogP contribution in [0.2, 0.25) is 0 Å². The third-order valence-corrected chi connectivity index (χ3v) is 4.88. The van der Waals surface area contributed by atoms with Gasteiger partial charge in [-0.15, -0.1) is 11.3 Å². The maximum atomic E-state index is 12.3. The molecule has 0 aliphatic rings. The molecule has 4 aromatic rings. The Morgan fingerprint density at radius 2 is 1.90 bits per heavy atom. The maximum Gasteiger partial charge on any atom is 0.345 e. The first-order chi connectivity index (χ1) is 10.1. The number of rotatable bonds is 0. The Kier molecular flexibility index (Phi) is 2.32. The molecule has 0 bridgehead atoms. The zero-order valence-corrected chi connectivity index (χ0v) is 11.8. The zero-order chi connectivity index (χ0) is 14.7. The number of benzene rings is 2. The van der Waals surface area contributed by atoms with E-state index in [0.717, 1.165) is 14.8 Å². The molecule has 0 radical (unpaired) electrons. The summed E-state index contributed by atoms with van der Waals surface area (Å²) < 4.78 is 6.93. The van der Waals surface area contributed by atoms with Gasteiger partial charge in [0.15, 0.2) is 11.5 Å². The fourth-order valence-corrected chi connectivity index (χ4v) is 4.02. The molecule has 104 valence electrons. The van der Waals surface area contributed by atoms with Crippen LogP contribution in [-0.4, -0.2) is 10.2 Å². The van der Waals surface area contributed by atoms with E-state index in [1.54, 1.807) is 13.0 Å². The Bertz CT molecular complexity index is 1090. The quantitative estimate of drug-likeness (QED) is 0.382. The Hall–Kier alpha value is -2.53. The van der Waals surface area contributed by atoms with E-state index in [-0.39, 0.29) is 11.5 Å². The number of hydrogen-bond acceptors (Lipinski definition) is 5. The van der Waals surface area contributed by atoms with E-state index in [4.69, 9.17) is 4.42 Å². The van der Waals surface area contributed by atoms with Gasteiger partial charge >= 0.3 is 5.63 Å². The van der Waals surface area contributed by atoms with E-state index in [0.29, 0.717) is 21.9 Å². The lowest BCUT2D eigenvalue weighted by Gasteiger charge is -2.03. The van der Waals surface area contributed by atoms with Crippen LogP contribution in [0.25, 0.3) is 31.1 Å². The summed E-state index contributed by atoms with van der Waals surface area (Å²) in [5.41, 5.74) is 0.592. The average molecular weight is 298 g/mol. The molecule has 0 aliphatic carbocycles. The molecule has 4 nitrogen and oxygen atoms in total. The molecule has 2 aromatic carbocycles. The van der Waals surface area contributed by atoms with Crippen LogP contribution in [0.5, 0.6) is 11.5 Å². The molecule has 0 fully saturated rings. The SMILES string of the molecule is Cc1c(O)c(O)cc2sc3c4ccccc4oc(=O)c3c12. The molecule has 0 amide bonds. The second-order valence-electron chi connectivity index (χ2n) is 4.93. The van der Waals surface area contributed by atoms with Crippen LogP contribution in [0.4, 0.5) is 0 Å². The van der Waals surface area contributed by atoms with Gasteiger partial charge in [0, 0.05) is 27.1 Å². The summed E-state index contributed by atoms with van der Waals surface area (Å²) in [6.07, 6.45) is 0. The van der Waals surface area contributed by atoms with Gasteiger partial charge in [-0.2, -0.15) is 0 Å². The summed E-state index contributed by atoms with van der Waals surface area (Å²) in [4.78, 5) is 12.3. The van der Waals surface area contributed by atoms with Gasteiger partial charge in [-0.25, -0.2) is 4.79 Å². The molecule has 0 atom stereocenters. The molecule has 0 saturated carbocycles. The molecule has 0 aliphatic heterocycles. The lowest BCUT2D eigenvalue weighted by molar-refractivity contribution is 0.402. The number of para-hydroxylation sites is 1. The van der Waals surface area contributed by atoms with E-state index in [1.807, 2.05) is 18.2 Å². The predicted octanol–water partition coefficient (Wildman–Crippen LogP) is 3.88. The van der Waals surface area contributed by atoms with Crippen molar-refractivity contribution in [1.82, 2.24) is 0 Å². The number of aromatic hydroxyl groups is 2. The molecule has 2 aromatic heterocycles. The predicted molar refractivity (Wildman–Crippen MR) is 83.4 cm³/mol. The van der Waals surface area contributed by atoms with Gasteiger partial charge in [0.1, 0.15) is 5.58 Å². The van der Waals surface area contributed by atoms with Crippen molar-refractivity contribution in [2.24, 2.45) is 0 Å². The van der Waals surface area contributed by atoms with Crippen molar-refractivity contribution in [3.63, 3.8) is 0 Å². The average Bonchev–Trinajstić information content (AvgIpc) is 2.85. The van der Waals surface area contributed by atoms with E-state index in [9.17, 15) is 15.0 Å². The summed E-state index contributed by atoms with van der Waals surface area (Å²) in [7, 11) is 0. The van der Waals surface area contributed by atoms with Gasteiger partial charge < -0.3 is 14.6 Å². The van der Waals surface area contributed by atoms with Crippen molar-refractivity contribution in [1.29, 1.82) is 0 Å². The summed E-state index contributed by atoms with van der Waals surface area (Å²) >= 11 is 1.41. The van der Waals surface area contributed by atoms with Crippen LogP contribution < -0.4 is 5.63 Å². The normalized spacial score (nSPS) is 11.7. The molecule has 0 unspecified atom stereocenters. The van der Waals surface area contributed by atoms with E-state index in [2.05, 4.69) is 0 Å². The molecule has 5 heteroatoms. The maximum absolute atomic E-state index is 12.3. The number of phenols is 2. The van der Waals surface area contributed by atoms with Crippen molar-refractivity contribution < 1.29 is 14.6 Å². The summed E-state index contributed by atoms with van der Waals surface area (Å²) in [6, 6.07) is 8.82. The first kappa shape index (κ1) is 12.2. The fourth-order valence-electron chi connectivity index (χ4n) is 2.70. The van der Waals surface area contributed by atoms with Crippen molar-refractivity contribution >= 4 is 42.5 Å². The van der Waals surface area contributed by atoms with Gasteiger partial charge in [0.2, 0.25) is 0 Å². The molecule has 0 spiro atoms. The van der Waals surface area contributed by atoms with Crippen LogP contribution in [0.1, 0.15) is 5.56 Å². The van der Waals surface area contributed by atoms with Crippen LogP contribution in [-0.2, 0) is 0 Å². The van der Waals surface area contributed by atoms with Crippen LogP contribution in [0, 0.1) is 6.92 Å². The number of phenolic OH excluding ortho intramolecular Hbond substituents is 2. The molecule has 2 heterocycles. The Morgan fingerprint density at radius 1 is 1.14 bits per heavy atom. The lowest BCUT2D eigenvalue weighted by atomic mass is 10.1. The van der Waals surface area contributed by atoms with Gasteiger partial charge in [0.05, 0.1) is 10.1 Å². The summed E-state index contributed by atoms with van der Waals surface area (Å²) in [5.74, 6) is -0.380. The third-order valence-electron chi connectivity index (χ3n) is 3.71. The molecule has 21 heavy (non-hydrogen) atoms. The summed E-state index contributed by atoms with van der Waals surface area (Å²) in [5, 5.41) is 21.6. The highest BCUT2D eigenvalue weighted by molar-refractivity contribution is 7.26. The first-order valence-electron chi connectivity index (χ1n) is 6.37. The van der Waals surface area contributed by atoms with Crippen LogP contribution in [0.15, 0.2) is 39.5 Å². The van der Waals surface area contributed by atoms with Gasteiger partial charge in [-0.3, -0.25) is 0 Å².